The van der Waals surface area contributed by atoms with Crippen LogP contribution in [0, 0.1) is 0 Å². The first-order chi connectivity index (χ1) is 6.24. The molecule has 2 nitrogen and oxygen atoms in total. The van der Waals surface area contributed by atoms with Crippen molar-refractivity contribution in [2.24, 2.45) is 0 Å². The molecule has 1 heterocycles. The highest BCUT2D eigenvalue weighted by atomic mass is 32.1. The number of methoxy groups -OCH3 is 1. The Balaban J connectivity index is 2.86. The molecule has 0 spiro atoms. The number of hydrogen-bond acceptors (Lipinski definition) is 4. The Hall–Kier alpha value is -0.870. The van der Waals surface area contributed by atoms with Crippen molar-refractivity contribution in [2.45, 2.75) is 4.90 Å². The molecular formula is C9H8O2S2. The number of ether oxygens (including phenoxy) is 1. The van der Waals surface area contributed by atoms with Gasteiger partial charge in [0.15, 0.2) is 5.75 Å². The van der Waals surface area contributed by atoms with Crippen molar-refractivity contribution in [3.05, 3.63) is 18.2 Å². The number of thiol groups is 1. The fourth-order valence-corrected chi connectivity index (χ4v) is 2.53. The lowest BCUT2D eigenvalue weighted by Crippen LogP contribution is -1.79. The Morgan fingerprint density at radius 3 is 2.92 bits per heavy atom. The Bertz CT molecular complexity index is 448. The zero-order chi connectivity index (χ0) is 9.42. The average molecular weight is 212 g/mol. The van der Waals surface area contributed by atoms with Gasteiger partial charge in [0.25, 0.3) is 0 Å². The zero-order valence-corrected chi connectivity index (χ0v) is 8.65. The van der Waals surface area contributed by atoms with E-state index in [-0.39, 0.29) is 5.06 Å². The number of fused-ring (bicyclic) bond motifs is 1. The van der Waals surface area contributed by atoms with Crippen LogP contribution >= 0.6 is 24.0 Å². The lowest BCUT2D eigenvalue weighted by atomic mass is 10.2. The van der Waals surface area contributed by atoms with Gasteiger partial charge >= 0.3 is 0 Å². The van der Waals surface area contributed by atoms with Crippen LogP contribution in [-0.4, -0.2) is 12.2 Å². The molecule has 0 amide bonds. The Morgan fingerprint density at radius 1 is 1.46 bits per heavy atom. The van der Waals surface area contributed by atoms with Crippen LogP contribution in [0.15, 0.2) is 23.1 Å². The second kappa shape index (κ2) is 3.12. The van der Waals surface area contributed by atoms with Crippen molar-refractivity contribution in [2.75, 3.05) is 7.11 Å². The molecule has 0 unspecified atom stereocenters. The molecule has 1 N–H and O–H groups in total. The Morgan fingerprint density at radius 2 is 2.23 bits per heavy atom. The molecule has 0 aliphatic carbocycles. The third kappa shape index (κ3) is 1.26. The average Bonchev–Trinajstić information content (AvgIpc) is 2.43. The van der Waals surface area contributed by atoms with E-state index in [1.54, 1.807) is 7.11 Å². The van der Waals surface area contributed by atoms with E-state index < -0.39 is 0 Å². The molecule has 0 bridgehead atoms. The van der Waals surface area contributed by atoms with Gasteiger partial charge in [-0.3, -0.25) is 0 Å². The summed E-state index contributed by atoms with van der Waals surface area (Å²) in [7, 11) is 1.55. The first-order valence-corrected chi connectivity index (χ1v) is 4.98. The monoisotopic (exact) mass is 212 g/mol. The highest BCUT2D eigenvalue weighted by Gasteiger charge is 2.12. The van der Waals surface area contributed by atoms with E-state index in [0.29, 0.717) is 5.75 Å². The minimum Gasteiger partial charge on any atom is -0.497 e. The molecule has 0 atom stereocenters. The summed E-state index contributed by atoms with van der Waals surface area (Å²) in [5, 5.41) is 10.6. The molecule has 0 radical (unpaired) electrons. The lowest BCUT2D eigenvalue weighted by Gasteiger charge is -1.97. The van der Waals surface area contributed by atoms with Crippen LogP contribution < -0.4 is 4.74 Å². The van der Waals surface area contributed by atoms with E-state index in [4.69, 9.17) is 4.74 Å². The topological polar surface area (TPSA) is 29.5 Å². The third-order valence-electron chi connectivity index (χ3n) is 1.84. The second-order valence-electron chi connectivity index (χ2n) is 2.59. The van der Waals surface area contributed by atoms with E-state index in [9.17, 15) is 5.11 Å². The number of rotatable bonds is 1. The van der Waals surface area contributed by atoms with Gasteiger partial charge in [-0.15, -0.1) is 12.6 Å². The largest absolute Gasteiger partial charge is 0.497 e. The zero-order valence-electron chi connectivity index (χ0n) is 6.94. The molecule has 68 valence electrons. The van der Waals surface area contributed by atoms with Gasteiger partial charge in [0, 0.05) is 10.3 Å². The van der Waals surface area contributed by atoms with Gasteiger partial charge < -0.3 is 9.84 Å². The molecule has 2 aromatic rings. The van der Waals surface area contributed by atoms with Crippen LogP contribution in [-0.2, 0) is 0 Å². The molecule has 0 saturated heterocycles. The summed E-state index contributed by atoms with van der Waals surface area (Å²) in [6.45, 7) is 0. The van der Waals surface area contributed by atoms with Crippen LogP contribution in [0.25, 0.3) is 10.1 Å². The van der Waals surface area contributed by atoms with Gasteiger partial charge in [0.05, 0.1) is 11.8 Å². The molecule has 13 heavy (non-hydrogen) atoms. The number of aromatic hydroxyl groups is 1. The van der Waals surface area contributed by atoms with Gasteiger partial charge in [-0.25, -0.2) is 0 Å². The molecule has 1 aromatic carbocycles. The van der Waals surface area contributed by atoms with Gasteiger partial charge in [-0.2, -0.15) is 0 Å². The summed E-state index contributed by atoms with van der Waals surface area (Å²) < 4.78 is 6.04. The van der Waals surface area contributed by atoms with Crippen molar-refractivity contribution < 1.29 is 9.84 Å². The molecule has 0 fully saturated rings. The number of benzene rings is 1. The maximum Gasteiger partial charge on any atom is 0.215 e. The van der Waals surface area contributed by atoms with Crippen LogP contribution in [0.3, 0.4) is 0 Å². The van der Waals surface area contributed by atoms with Gasteiger partial charge in [0.2, 0.25) is 5.06 Å². The van der Waals surface area contributed by atoms with E-state index >= 15 is 0 Å². The normalized spacial score (nSPS) is 10.6. The maximum absolute atomic E-state index is 9.52. The summed E-state index contributed by atoms with van der Waals surface area (Å²) in [4.78, 5) is 0.862. The highest BCUT2D eigenvalue weighted by molar-refractivity contribution is 7.80. The summed E-state index contributed by atoms with van der Waals surface area (Å²) in [6, 6.07) is 5.68. The molecule has 2 rings (SSSR count). The second-order valence-corrected chi connectivity index (χ2v) is 4.08. The van der Waals surface area contributed by atoms with Crippen molar-refractivity contribution >= 4 is 34.1 Å². The number of thiophene rings is 1. The van der Waals surface area contributed by atoms with E-state index in [1.165, 1.54) is 11.3 Å². The predicted octanol–water partition coefficient (Wildman–Crippen LogP) is 2.90. The van der Waals surface area contributed by atoms with Crippen molar-refractivity contribution in [1.82, 2.24) is 0 Å². The quantitative estimate of drug-likeness (QED) is 0.712. The smallest absolute Gasteiger partial charge is 0.215 e. The van der Waals surface area contributed by atoms with Crippen molar-refractivity contribution in [3.8, 4) is 10.8 Å². The Labute approximate surface area is 85.2 Å². The fourth-order valence-electron chi connectivity index (χ4n) is 1.27. The summed E-state index contributed by atoms with van der Waals surface area (Å²) in [5.74, 6) is 0.538. The third-order valence-corrected chi connectivity index (χ3v) is 3.38. The molecule has 4 heteroatoms. The van der Waals surface area contributed by atoms with Crippen LogP contribution in [0.1, 0.15) is 0 Å². The summed E-state index contributed by atoms with van der Waals surface area (Å²) in [6.07, 6.45) is 0. The van der Waals surface area contributed by atoms with Crippen molar-refractivity contribution in [3.63, 3.8) is 0 Å². The molecule has 1 aromatic heterocycles. The van der Waals surface area contributed by atoms with Gasteiger partial charge in [0.1, 0.15) is 0 Å². The standard InChI is InChI=1S/C9H8O2S2/c1-11-7-5-3-2-4-6(12)8(5)13-9(7)10/h2-4,10,12H,1H3. The lowest BCUT2D eigenvalue weighted by molar-refractivity contribution is 0.385. The minimum atomic E-state index is 0.207. The Kier molecular flexibility index (Phi) is 2.09. The highest BCUT2D eigenvalue weighted by Crippen LogP contribution is 2.44. The van der Waals surface area contributed by atoms with Crippen LogP contribution in [0.5, 0.6) is 10.8 Å². The fraction of sp³-hybridized carbons (Fsp3) is 0.111. The summed E-state index contributed by atoms with van der Waals surface area (Å²) in [5.41, 5.74) is 0. The first kappa shape index (κ1) is 8.72. The van der Waals surface area contributed by atoms with Crippen LogP contribution in [0.4, 0.5) is 0 Å². The molecular weight excluding hydrogens is 204 g/mol. The minimum absolute atomic E-state index is 0.207. The van der Waals surface area contributed by atoms with E-state index in [2.05, 4.69) is 12.6 Å². The molecule has 0 aliphatic heterocycles. The SMILES string of the molecule is COc1c(O)sc2c(S)cccc12. The summed E-state index contributed by atoms with van der Waals surface area (Å²) >= 11 is 5.58. The predicted molar refractivity (Wildman–Crippen MR) is 57.3 cm³/mol. The van der Waals surface area contributed by atoms with Gasteiger partial charge in [-0.1, -0.05) is 17.4 Å². The first-order valence-electron chi connectivity index (χ1n) is 3.71. The van der Waals surface area contributed by atoms with E-state index in [0.717, 1.165) is 15.0 Å². The van der Waals surface area contributed by atoms with Crippen LogP contribution in [0.2, 0.25) is 0 Å². The van der Waals surface area contributed by atoms with Gasteiger partial charge in [-0.05, 0) is 12.1 Å². The van der Waals surface area contributed by atoms with E-state index in [1.807, 2.05) is 18.2 Å². The molecule has 0 aliphatic rings. The van der Waals surface area contributed by atoms with Crippen molar-refractivity contribution in [1.29, 1.82) is 0 Å². The number of hydrogen-bond donors (Lipinski definition) is 2. The molecule has 0 saturated carbocycles. The maximum atomic E-state index is 9.52.